The van der Waals surface area contributed by atoms with Crippen LogP contribution in [0.1, 0.15) is 51.4 Å². The molecule has 1 N–H and O–H groups in total. The highest BCUT2D eigenvalue weighted by molar-refractivity contribution is 5.82. The van der Waals surface area contributed by atoms with Crippen molar-refractivity contribution in [2.24, 2.45) is 0 Å². The highest BCUT2D eigenvalue weighted by atomic mass is 16.2. The van der Waals surface area contributed by atoms with Crippen molar-refractivity contribution in [1.29, 1.82) is 0 Å². The molecule has 3 fully saturated rings. The van der Waals surface area contributed by atoms with Gasteiger partial charge in [0.2, 0.25) is 5.91 Å². The van der Waals surface area contributed by atoms with Crippen molar-refractivity contribution >= 4 is 5.91 Å². The summed E-state index contributed by atoms with van der Waals surface area (Å²) in [7, 11) is 0. The fourth-order valence-corrected chi connectivity index (χ4v) is 4.13. The number of rotatable bonds is 2. The maximum Gasteiger partial charge on any atom is 0.239 e. The molecule has 0 aliphatic carbocycles. The minimum Gasteiger partial charge on any atom is -0.341 e. The van der Waals surface area contributed by atoms with Crippen LogP contribution >= 0.6 is 0 Å². The molecule has 0 radical (unpaired) electrons. The molecule has 20 heavy (non-hydrogen) atoms. The summed E-state index contributed by atoms with van der Waals surface area (Å²) in [6.07, 6.45) is 9.71. The van der Waals surface area contributed by atoms with E-state index in [1.165, 1.54) is 44.9 Å². The van der Waals surface area contributed by atoms with Crippen LogP contribution in [-0.2, 0) is 4.79 Å². The van der Waals surface area contributed by atoms with Crippen LogP contribution in [0.4, 0.5) is 0 Å². The van der Waals surface area contributed by atoms with Crippen LogP contribution in [0.25, 0.3) is 0 Å². The number of amides is 1. The first kappa shape index (κ1) is 14.3. The molecule has 3 saturated heterocycles. The smallest absolute Gasteiger partial charge is 0.239 e. The largest absolute Gasteiger partial charge is 0.341 e. The Hall–Kier alpha value is -0.610. The van der Waals surface area contributed by atoms with Crippen LogP contribution < -0.4 is 5.32 Å². The molecule has 114 valence electrons. The van der Waals surface area contributed by atoms with Gasteiger partial charge in [0.05, 0.1) is 6.04 Å². The van der Waals surface area contributed by atoms with Gasteiger partial charge >= 0.3 is 0 Å². The van der Waals surface area contributed by atoms with Crippen LogP contribution in [0.5, 0.6) is 0 Å². The van der Waals surface area contributed by atoms with Crippen LogP contribution in [0.2, 0.25) is 0 Å². The van der Waals surface area contributed by atoms with Crippen molar-refractivity contribution in [3.05, 3.63) is 0 Å². The quantitative estimate of drug-likeness (QED) is 0.834. The molecule has 0 aromatic heterocycles. The van der Waals surface area contributed by atoms with Gasteiger partial charge in [0.25, 0.3) is 0 Å². The second kappa shape index (κ2) is 6.90. The molecule has 1 amide bonds. The van der Waals surface area contributed by atoms with Crippen molar-refractivity contribution in [3.8, 4) is 0 Å². The van der Waals surface area contributed by atoms with Crippen molar-refractivity contribution in [3.63, 3.8) is 0 Å². The normalized spacial score (nSPS) is 30.4. The van der Waals surface area contributed by atoms with Crippen LogP contribution in [0.15, 0.2) is 0 Å². The Balaban J connectivity index is 1.62. The van der Waals surface area contributed by atoms with E-state index in [9.17, 15) is 4.79 Å². The van der Waals surface area contributed by atoms with Crippen molar-refractivity contribution < 1.29 is 4.79 Å². The highest BCUT2D eigenvalue weighted by Gasteiger charge is 2.37. The fourth-order valence-electron chi connectivity index (χ4n) is 4.13. The van der Waals surface area contributed by atoms with Gasteiger partial charge in [-0.1, -0.05) is 12.8 Å². The average molecular weight is 279 g/mol. The molecule has 1 unspecified atom stereocenters. The molecule has 1 atom stereocenters. The van der Waals surface area contributed by atoms with Gasteiger partial charge < -0.3 is 10.2 Å². The monoisotopic (exact) mass is 279 g/mol. The van der Waals surface area contributed by atoms with Crippen LogP contribution in [0.3, 0.4) is 0 Å². The highest BCUT2D eigenvalue weighted by Crippen LogP contribution is 2.26. The lowest BCUT2D eigenvalue weighted by molar-refractivity contribution is -0.136. The van der Waals surface area contributed by atoms with E-state index >= 15 is 0 Å². The predicted molar refractivity (Wildman–Crippen MR) is 80.7 cm³/mol. The first-order valence-corrected chi connectivity index (χ1v) is 8.61. The zero-order valence-electron chi connectivity index (χ0n) is 12.6. The summed E-state index contributed by atoms with van der Waals surface area (Å²) in [4.78, 5) is 17.6. The van der Waals surface area contributed by atoms with E-state index in [0.29, 0.717) is 11.9 Å². The Kier molecular flexibility index (Phi) is 4.94. The van der Waals surface area contributed by atoms with E-state index in [2.05, 4.69) is 15.1 Å². The van der Waals surface area contributed by atoms with E-state index in [-0.39, 0.29) is 6.04 Å². The number of hydrogen-bond acceptors (Lipinski definition) is 3. The van der Waals surface area contributed by atoms with E-state index in [1.807, 2.05) is 0 Å². The molecule has 4 heteroatoms. The predicted octanol–water partition coefficient (Wildman–Crippen LogP) is 1.61. The molecule has 3 aliphatic rings. The number of nitrogens with zero attached hydrogens (tertiary/aromatic N) is 2. The number of hydrogen-bond donors (Lipinski definition) is 1. The third kappa shape index (κ3) is 3.17. The van der Waals surface area contributed by atoms with E-state index in [0.717, 1.165) is 39.1 Å². The summed E-state index contributed by atoms with van der Waals surface area (Å²) in [6.45, 7) is 5.36. The second-order valence-corrected chi connectivity index (χ2v) is 6.62. The molecular weight excluding hydrogens is 250 g/mol. The van der Waals surface area contributed by atoms with Crippen molar-refractivity contribution in [2.75, 3.05) is 32.7 Å². The summed E-state index contributed by atoms with van der Waals surface area (Å²) in [5, 5.41) is 3.43. The fraction of sp³-hybridized carbons (Fsp3) is 0.938. The Morgan fingerprint density at radius 1 is 0.850 bits per heavy atom. The molecule has 0 aromatic carbocycles. The first-order chi connectivity index (χ1) is 9.86. The van der Waals surface area contributed by atoms with E-state index < -0.39 is 0 Å². The summed E-state index contributed by atoms with van der Waals surface area (Å²) in [5.41, 5.74) is 0. The molecule has 0 bridgehead atoms. The molecule has 3 aliphatic heterocycles. The number of piperidine rings is 1. The SMILES string of the molecule is O=C(C1CCCN1C1CCNCC1)N1CCCCCC1. The summed E-state index contributed by atoms with van der Waals surface area (Å²) < 4.78 is 0. The maximum atomic E-state index is 12.9. The van der Waals surface area contributed by atoms with Gasteiger partial charge in [-0.05, 0) is 58.2 Å². The topological polar surface area (TPSA) is 35.6 Å². The molecule has 0 aromatic rings. The van der Waals surface area contributed by atoms with Gasteiger partial charge in [-0.15, -0.1) is 0 Å². The molecule has 0 spiro atoms. The Bertz CT molecular complexity index is 320. The Morgan fingerprint density at radius 3 is 2.25 bits per heavy atom. The van der Waals surface area contributed by atoms with Crippen molar-refractivity contribution in [2.45, 2.75) is 63.5 Å². The van der Waals surface area contributed by atoms with Crippen LogP contribution in [-0.4, -0.2) is 60.5 Å². The summed E-state index contributed by atoms with van der Waals surface area (Å²) >= 11 is 0. The van der Waals surface area contributed by atoms with Gasteiger partial charge in [0.1, 0.15) is 0 Å². The van der Waals surface area contributed by atoms with Gasteiger partial charge in [0.15, 0.2) is 0 Å². The maximum absolute atomic E-state index is 12.9. The number of carbonyl (C=O) groups is 1. The third-order valence-electron chi connectivity index (χ3n) is 5.27. The molecule has 4 nitrogen and oxygen atoms in total. The minimum atomic E-state index is 0.191. The van der Waals surface area contributed by atoms with Gasteiger partial charge in [-0.2, -0.15) is 0 Å². The third-order valence-corrected chi connectivity index (χ3v) is 5.27. The Morgan fingerprint density at radius 2 is 1.55 bits per heavy atom. The van der Waals surface area contributed by atoms with Crippen LogP contribution in [0, 0.1) is 0 Å². The molecule has 3 rings (SSSR count). The Labute approximate surface area is 122 Å². The number of likely N-dealkylation sites (tertiary alicyclic amines) is 2. The lowest BCUT2D eigenvalue weighted by Gasteiger charge is -2.37. The molecule has 0 saturated carbocycles. The first-order valence-electron chi connectivity index (χ1n) is 8.61. The summed E-state index contributed by atoms with van der Waals surface area (Å²) in [6, 6.07) is 0.830. The molecule has 3 heterocycles. The average Bonchev–Trinajstić information content (AvgIpc) is 2.82. The van der Waals surface area contributed by atoms with Gasteiger partial charge in [-0.3, -0.25) is 9.69 Å². The van der Waals surface area contributed by atoms with Crippen molar-refractivity contribution in [1.82, 2.24) is 15.1 Å². The summed E-state index contributed by atoms with van der Waals surface area (Å²) in [5.74, 6) is 0.433. The van der Waals surface area contributed by atoms with E-state index in [4.69, 9.17) is 0 Å². The second-order valence-electron chi connectivity index (χ2n) is 6.62. The zero-order valence-corrected chi connectivity index (χ0v) is 12.6. The van der Waals surface area contributed by atoms with Gasteiger partial charge in [0, 0.05) is 19.1 Å². The zero-order chi connectivity index (χ0) is 13.8. The van der Waals surface area contributed by atoms with Gasteiger partial charge in [-0.25, -0.2) is 0 Å². The minimum absolute atomic E-state index is 0.191. The lowest BCUT2D eigenvalue weighted by Crippen LogP contribution is -2.51. The molecular formula is C16H29N3O. The number of nitrogens with one attached hydrogen (secondary N) is 1. The lowest BCUT2D eigenvalue weighted by atomic mass is 10.0. The van der Waals surface area contributed by atoms with E-state index in [1.54, 1.807) is 0 Å². The standard InChI is InChI=1S/C16H29N3O/c20-16(18-11-3-1-2-4-12-18)15-6-5-13-19(15)14-7-9-17-10-8-14/h14-15,17H,1-13H2. The number of carbonyl (C=O) groups excluding carboxylic acids is 1.